The Bertz CT molecular complexity index is 311. The van der Waals surface area contributed by atoms with E-state index in [1.807, 2.05) is 24.4 Å². The van der Waals surface area contributed by atoms with Crippen LogP contribution in [0.5, 0.6) is 0 Å². The van der Waals surface area contributed by atoms with Crippen LogP contribution in [0.15, 0.2) is 35.5 Å². The molecular formula is C14H21NO2. The first-order chi connectivity index (χ1) is 8.33. The first kappa shape index (κ1) is 13.7. The van der Waals surface area contributed by atoms with Crippen LogP contribution in [0.4, 0.5) is 0 Å². The van der Waals surface area contributed by atoms with Crippen molar-refractivity contribution >= 4 is 6.21 Å². The fourth-order valence-electron chi connectivity index (χ4n) is 1.51. The molecule has 17 heavy (non-hydrogen) atoms. The minimum absolute atomic E-state index is 0.440. The molecule has 0 saturated heterocycles. The van der Waals surface area contributed by atoms with E-state index in [9.17, 15) is 0 Å². The van der Waals surface area contributed by atoms with E-state index in [4.69, 9.17) is 4.74 Å². The predicted molar refractivity (Wildman–Crippen MR) is 70.0 cm³/mol. The topological polar surface area (TPSA) is 30.8 Å². The van der Waals surface area contributed by atoms with Crippen LogP contribution in [0.1, 0.15) is 25.3 Å². The summed E-state index contributed by atoms with van der Waals surface area (Å²) in [5.41, 5.74) is 1.22. The van der Waals surface area contributed by atoms with Crippen molar-refractivity contribution in [2.75, 3.05) is 13.7 Å². The Kier molecular flexibility index (Phi) is 7.07. The van der Waals surface area contributed by atoms with Gasteiger partial charge in [-0.25, -0.2) is 0 Å². The summed E-state index contributed by atoms with van der Waals surface area (Å²) in [5, 5.41) is 3.75. The van der Waals surface area contributed by atoms with Gasteiger partial charge in [-0.3, -0.25) is 0 Å². The van der Waals surface area contributed by atoms with E-state index in [1.165, 1.54) is 5.56 Å². The zero-order valence-electron chi connectivity index (χ0n) is 10.6. The Morgan fingerprint density at radius 2 is 2.06 bits per heavy atom. The quantitative estimate of drug-likeness (QED) is 0.393. The molecule has 1 unspecified atom stereocenters. The third-order valence-electron chi connectivity index (χ3n) is 2.48. The molecule has 3 heteroatoms. The second kappa shape index (κ2) is 8.76. The van der Waals surface area contributed by atoms with E-state index >= 15 is 0 Å². The Labute approximate surface area is 103 Å². The third-order valence-corrected chi connectivity index (χ3v) is 2.48. The molecule has 0 spiro atoms. The van der Waals surface area contributed by atoms with Crippen molar-refractivity contribution in [2.45, 2.75) is 26.4 Å². The lowest BCUT2D eigenvalue weighted by atomic mass is 10.1. The molecule has 0 fully saturated rings. The van der Waals surface area contributed by atoms with Gasteiger partial charge in [0.15, 0.2) is 0 Å². The van der Waals surface area contributed by atoms with E-state index in [0.717, 1.165) is 19.4 Å². The van der Waals surface area contributed by atoms with Gasteiger partial charge in [0.05, 0.1) is 6.61 Å². The van der Waals surface area contributed by atoms with E-state index in [0.29, 0.717) is 12.5 Å². The van der Waals surface area contributed by atoms with Crippen molar-refractivity contribution in [2.24, 2.45) is 11.1 Å². The second-order valence-corrected chi connectivity index (χ2v) is 4.09. The first-order valence-electron chi connectivity index (χ1n) is 6.01. The highest BCUT2D eigenvalue weighted by Crippen LogP contribution is 2.05. The molecule has 3 nitrogen and oxygen atoms in total. The van der Waals surface area contributed by atoms with Gasteiger partial charge >= 0.3 is 0 Å². The largest absolute Gasteiger partial charge is 0.399 e. The highest BCUT2D eigenvalue weighted by Gasteiger charge is 1.98. The molecule has 1 atom stereocenters. The Hall–Kier alpha value is -1.35. The molecule has 0 aromatic heterocycles. The highest BCUT2D eigenvalue weighted by atomic mass is 16.6. The Morgan fingerprint density at radius 1 is 1.29 bits per heavy atom. The standard InChI is InChI=1S/C14H21NO2/c1-13(11-15-16-2)7-6-10-17-12-14-8-4-3-5-9-14/h3-5,8-9,11,13H,6-7,10,12H2,1-2H3. The van der Waals surface area contributed by atoms with Gasteiger partial charge in [-0.15, -0.1) is 0 Å². The van der Waals surface area contributed by atoms with Gasteiger partial charge in [-0.05, 0) is 24.3 Å². The maximum Gasteiger partial charge on any atom is 0.106 e. The van der Waals surface area contributed by atoms with Crippen LogP contribution < -0.4 is 0 Å². The van der Waals surface area contributed by atoms with Crippen LogP contribution in [-0.4, -0.2) is 19.9 Å². The van der Waals surface area contributed by atoms with Crippen LogP contribution in [0, 0.1) is 5.92 Å². The molecule has 0 radical (unpaired) electrons. The van der Waals surface area contributed by atoms with Crippen molar-refractivity contribution in [3.05, 3.63) is 35.9 Å². The van der Waals surface area contributed by atoms with Gasteiger partial charge < -0.3 is 9.57 Å². The highest BCUT2D eigenvalue weighted by molar-refractivity contribution is 5.59. The fraction of sp³-hybridized carbons (Fsp3) is 0.500. The molecule has 94 valence electrons. The van der Waals surface area contributed by atoms with Crippen LogP contribution >= 0.6 is 0 Å². The molecule has 0 N–H and O–H groups in total. The summed E-state index contributed by atoms with van der Waals surface area (Å²) in [6, 6.07) is 10.2. The summed E-state index contributed by atoms with van der Waals surface area (Å²) in [4.78, 5) is 4.64. The van der Waals surface area contributed by atoms with Crippen molar-refractivity contribution < 1.29 is 9.57 Å². The third kappa shape index (κ3) is 6.74. The van der Waals surface area contributed by atoms with E-state index in [2.05, 4.69) is 29.0 Å². The molecule has 0 saturated carbocycles. The summed E-state index contributed by atoms with van der Waals surface area (Å²) in [6.45, 7) is 3.61. The summed E-state index contributed by atoms with van der Waals surface area (Å²) in [5.74, 6) is 0.440. The van der Waals surface area contributed by atoms with Crippen LogP contribution in [0.25, 0.3) is 0 Å². The minimum atomic E-state index is 0.440. The lowest BCUT2D eigenvalue weighted by Gasteiger charge is -2.06. The number of ether oxygens (including phenoxy) is 1. The van der Waals surface area contributed by atoms with Gasteiger partial charge in [-0.1, -0.05) is 42.4 Å². The number of hydrogen-bond donors (Lipinski definition) is 0. The summed E-state index contributed by atoms with van der Waals surface area (Å²) in [7, 11) is 1.56. The lowest BCUT2D eigenvalue weighted by molar-refractivity contribution is 0.116. The Balaban J connectivity index is 2.03. The smallest absolute Gasteiger partial charge is 0.106 e. The zero-order chi connectivity index (χ0) is 12.3. The maximum absolute atomic E-state index is 5.60. The van der Waals surface area contributed by atoms with Crippen LogP contribution in [0.3, 0.4) is 0 Å². The molecule has 1 aromatic carbocycles. The van der Waals surface area contributed by atoms with Gasteiger partial charge in [-0.2, -0.15) is 0 Å². The monoisotopic (exact) mass is 235 g/mol. The average molecular weight is 235 g/mol. The van der Waals surface area contributed by atoms with Crippen LogP contribution in [0.2, 0.25) is 0 Å². The minimum Gasteiger partial charge on any atom is -0.399 e. The van der Waals surface area contributed by atoms with Crippen molar-refractivity contribution in [3.63, 3.8) is 0 Å². The molecule has 0 aliphatic carbocycles. The normalized spacial score (nSPS) is 12.8. The lowest BCUT2D eigenvalue weighted by Crippen LogP contribution is -2.01. The second-order valence-electron chi connectivity index (χ2n) is 4.09. The van der Waals surface area contributed by atoms with Crippen molar-refractivity contribution in [1.29, 1.82) is 0 Å². The van der Waals surface area contributed by atoms with E-state index in [1.54, 1.807) is 7.11 Å². The number of benzene rings is 1. The van der Waals surface area contributed by atoms with Gasteiger partial charge in [0.1, 0.15) is 7.11 Å². The average Bonchev–Trinajstić information content (AvgIpc) is 2.37. The SMILES string of the molecule is CON=CC(C)CCCOCc1ccccc1. The number of nitrogens with zero attached hydrogens (tertiary/aromatic N) is 1. The van der Waals surface area contributed by atoms with Gasteiger partial charge in [0.2, 0.25) is 0 Å². The molecule has 0 heterocycles. The molecule has 1 aromatic rings. The van der Waals surface area contributed by atoms with Crippen molar-refractivity contribution in [3.8, 4) is 0 Å². The van der Waals surface area contributed by atoms with E-state index < -0.39 is 0 Å². The summed E-state index contributed by atoms with van der Waals surface area (Å²) in [6.07, 6.45) is 3.95. The summed E-state index contributed by atoms with van der Waals surface area (Å²) >= 11 is 0. The molecule has 1 rings (SSSR count). The molecular weight excluding hydrogens is 214 g/mol. The molecule has 0 amide bonds. The van der Waals surface area contributed by atoms with Gasteiger partial charge in [0.25, 0.3) is 0 Å². The maximum atomic E-state index is 5.60. The number of hydrogen-bond acceptors (Lipinski definition) is 3. The van der Waals surface area contributed by atoms with Crippen molar-refractivity contribution in [1.82, 2.24) is 0 Å². The number of rotatable bonds is 8. The van der Waals surface area contributed by atoms with E-state index in [-0.39, 0.29) is 0 Å². The molecule has 0 aliphatic heterocycles. The fourth-order valence-corrected chi connectivity index (χ4v) is 1.51. The summed E-state index contributed by atoms with van der Waals surface area (Å²) < 4.78 is 5.60. The Morgan fingerprint density at radius 3 is 2.76 bits per heavy atom. The zero-order valence-corrected chi connectivity index (χ0v) is 10.6. The predicted octanol–water partition coefficient (Wildman–Crippen LogP) is 3.25. The molecule has 0 bridgehead atoms. The first-order valence-corrected chi connectivity index (χ1v) is 6.01. The molecule has 0 aliphatic rings. The number of oxime groups is 1. The van der Waals surface area contributed by atoms with Crippen LogP contribution in [-0.2, 0) is 16.2 Å². The van der Waals surface area contributed by atoms with Gasteiger partial charge in [0, 0.05) is 12.8 Å².